The number of aliphatic hydroxyl groups excluding tert-OH is 1. The van der Waals surface area contributed by atoms with E-state index in [0.717, 1.165) is 10.0 Å². The van der Waals surface area contributed by atoms with Crippen molar-refractivity contribution >= 4 is 22.0 Å². The lowest BCUT2D eigenvalue weighted by Gasteiger charge is -2.41. The topological polar surface area (TPSA) is 131 Å². The quantitative estimate of drug-likeness (QED) is 0.541. The number of carbonyl (C=O) groups is 1. The highest BCUT2D eigenvalue weighted by Gasteiger charge is 2.44. The van der Waals surface area contributed by atoms with Gasteiger partial charge in [0.2, 0.25) is 11.7 Å². The molecule has 10 heteroatoms. The Balaban J connectivity index is 1.72. The Bertz CT molecular complexity index is 1070. The van der Waals surface area contributed by atoms with E-state index < -0.39 is 23.8 Å². The van der Waals surface area contributed by atoms with Gasteiger partial charge >= 0.3 is 6.09 Å². The van der Waals surface area contributed by atoms with Gasteiger partial charge in [0.25, 0.3) is 5.89 Å². The number of carboxylic acid groups (broad SMARTS) is 1. The average molecular weight is 461 g/mol. The van der Waals surface area contributed by atoms with Crippen LogP contribution in [-0.4, -0.2) is 43.1 Å². The Morgan fingerprint density at radius 2 is 1.97 bits per heavy atom. The van der Waals surface area contributed by atoms with E-state index in [0.29, 0.717) is 17.0 Å². The Morgan fingerprint density at radius 1 is 1.24 bits per heavy atom. The minimum atomic E-state index is -1.27. The van der Waals surface area contributed by atoms with Gasteiger partial charge in [-0.25, -0.2) is 9.78 Å². The zero-order valence-corrected chi connectivity index (χ0v) is 17.0. The van der Waals surface area contributed by atoms with Crippen LogP contribution in [0.3, 0.4) is 0 Å². The Labute approximate surface area is 173 Å². The molecule has 9 nitrogen and oxygen atoms in total. The van der Waals surface area contributed by atoms with E-state index in [2.05, 4.69) is 36.4 Å². The van der Waals surface area contributed by atoms with E-state index in [4.69, 9.17) is 9.26 Å². The molecule has 150 valence electrons. The molecular weight excluding hydrogens is 444 g/mol. The highest BCUT2D eigenvalue weighted by molar-refractivity contribution is 9.10. The van der Waals surface area contributed by atoms with Crippen molar-refractivity contribution in [1.82, 2.24) is 20.4 Å². The number of halogens is 1. The molecule has 1 amide bonds. The maximum Gasteiger partial charge on any atom is 0.405 e. The van der Waals surface area contributed by atoms with Crippen LogP contribution in [0.4, 0.5) is 4.79 Å². The van der Waals surface area contributed by atoms with Gasteiger partial charge in [-0.2, -0.15) is 4.98 Å². The summed E-state index contributed by atoms with van der Waals surface area (Å²) >= 11 is 3.38. The number of hydrogen-bond acceptors (Lipinski definition) is 7. The van der Waals surface area contributed by atoms with Gasteiger partial charge in [0.05, 0.1) is 11.6 Å². The number of fused-ring (bicyclic) bond motifs is 1. The van der Waals surface area contributed by atoms with E-state index in [-0.39, 0.29) is 11.8 Å². The summed E-state index contributed by atoms with van der Waals surface area (Å²) in [5.74, 6) is 0.852. The Hall–Kier alpha value is -2.98. The van der Waals surface area contributed by atoms with Gasteiger partial charge in [0, 0.05) is 21.8 Å². The van der Waals surface area contributed by atoms with Crippen LogP contribution in [0.15, 0.2) is 45.5 Å². The standard InChI is InChI=1S/C19H17BrN4O5/c1-19(2)14(25)13(22-18(26)27)12-7-10(8-21-17(12)28-19)16-23-15(24-29-16)9-3-5-11(20)6-4-9/h3-8,13-14,22,25H,1-2H3,(H,26,27). The fourth-order valence-corrected chi connectivity index (χ4v) is 3.39. The smallest absolute Gasteiger partial charge is 0.405 e. The number of nitrogens with zero attached hydrogens (tertiary/aromatic N) is 3. The summed E-state index contributed by atoms with van der Waals surface area (Å²) in [5.41, 5.74) is 0.626. The summed E-state index contributed by atoms with van der Waals surface area (Å²) in [4.78, 5) is 19.9. The third kappa shape index (κ3) is 3.68. The molecule has 2 aromatic heterocycles. The van der Waals surface area contributed by atoms with E-state index in [1.807, 2.05) is 24.3 Å². The maximum absolute atomic E-state index is 11.2. The monoisotopic (exact) mass is 460 g/mol. The number of aromatic nitrogens is 3. The van der Waals surface area contributed by atoms with Gasteiger partial charge in [-0.15, -0.1) is 0 Å². The molecule has 29 heavy (non-hydrogen) atoms. The van der Waals surface area contributed by atoms with Crippen molar-refractivity contribution in [3.8, 4) is 28.7 Å². The van der Waals surface area contributed by atoms with E-state index in [1.165, 1.54) is 6.20 Å². The van der Waals surface area contributed by atoms with Crippen LogP contribution in [0.2, 0.25) is 0 Å². The fourth-order valence-electron chi connectivity index (χ4n) is 3.12. The molecule has 0 fully saturated rings. The van der Waals surface area contributed by atoms with Crippen LogP contribution in [0.25, 0.3) is 22.8 Å². The number of pyridine rings is 1. The minimum absolute atomic E-state index is 0.214. The Kier molecular flexibility index (Phi) is 4.75. The second-order valence-electron chi connectivity index (χ2n) is 7.13. The molecule has 1 aliphatic heterocycles. The van der Waals surface area contributed by atoms with Crippen molar-refractivity contribution in [2.75, 3.05) is 0 Å². The molecule has 2 unspecified atom stereocenters. The largest absolute Gasteiger partial charge is 0.469 e. The summed E-state index contributed by atoms with van der Waals surface area (Å²) in [6, 6.07) is 8.14. The molecule has 0 bridgehead atoms. The number of hydrogen-bond donors (Lipinski definition) is 3. The molecule has 0 saturated heterocycles. The molecule has 0 radical (unpaired) electrons. The maximum atomic E-state index is 11.2. The molecule has 3 N–H and O–H groups in total. The van der Waals surface area contributed by atoms with Crippen LogP contribution >= 0.6 is 15.9 Å². The molecule has 2 atom stereocenters. The second-order valence-corrected chi connectivity index (χ2v) is 8.04. The first-order valence-electron chi connectivity index (χ1n) is 8.71. The average Bonchev–Trinajstić information content (AvgIpc) is 3.15. The molecule has 3 aromatic rings. The van der Waals surface area contributed by atoms with Crippen LogP contribution < -0.4 is 10.1 Å². The van der Waals surface area contributed by atoms with Gasteiger partial charge in [-0.1, -0.05) is 21.1 Å². The predicted octanol–water partition coefficient (Wildman–Crippen LogP) is 3.40. The van der Waals surface area contributed by atoms with Crippen LogP contribution in [0.1, 0.15) is 25.5 Å². The number of ether oxygens (including phenoxy) is 1. The summed E-state index contributed by atoms with van der Waals surface area (Å²) in [7, 11) is 0. The molecule has 3 heterocycles. The first-order valence-corrected chi connectivity index (χ1v) is 9.50. The van der Waals surface area contributed by atoms with Crippen molar-refractivity contribution in [3.05, 3.63) is 46.6 Å². The molecular formula is C19H17BrN4O5. The molecule has 1 aliphatic rings. The summed E-state index contributed by atoms with van der Waals surface area (Å²) in [6.07, 6.45) is -0.883. The van der Waals surface area contributed by atoms with E-state index in [1.54, 1.807) is 19.9 Å². The highest BCUT2D eigenvalue weighted by atomic mass is 79.9. The number of rotatable bonds is 3. The van der Waals surface area contributed by atoms with Crippen LogP contribution in [-0.2, 0) is 0 Å². The first kappa shape index (κ1) is 19.3. The zero-order chi connectivity index (χ0) is 20.8. The number of benzene rings is 1. The van der Waals surface area contributed by atoms with Crippen LogP contribution in [0, 0.1) is 0 Å². The third-order valence-corrected chi connectivity index (χ3v) is 5.18. The zero-order valence-electron chi connectivity index (χ0n) is 15.5. The predicted molar refractivity (Wildman–Crippen MR) is 105 cm³/mol. The third-order valence-electron chi connectivity index (χ3n) is 4.66. The van der Waals surface area contributed by atoms with Crippen molar-refractivity contribution in [3.63, 3.8) is 0 Å². The molecule has 4 rings (SSSR count). The lowest BCUT2D eigenvalue weighted by Crippen LogP contribution is -2.53. The van der Waals surface area contributed by atoms with Gasteiger partial charge in [0.15, 0.2) is 0 Å². The minimum Gasteiger partial charge on any atom is -0.469 e. The van der Waals surface area contributed by atoms with Crippen molar-refractivity contribution in [2.45, 2.75) is 31.6 Å². The number of aliphatic hydroxyl groups is 1. The van der Waals surface area contributed by atoms with Crippen molar-refractivity contribution in [1.29, 1.82) is 0 Å². The molecule has 0 aliphatic carbocycles. The lowest BCUT2D eigenvalue weighted by atomic mass is 9.87. The normalized spacial score (nSPS) is 19.9. The number of nitrogens with one attached hydrogen (secondary N) is 1. The fraction of sp³-hybridized carbons (Fsp3) is 0.263. The molecule has 0 saturated carbocycles. The summed E-state index contributed by atoms with van der Waals surface area (Å²) in [6.45, 7) is 3.32. The highest BCUT2D eigenvalue weighted by Crippen LogP contribution is 2.40. The second kappa shape index (κ2) is 7.12. The Morgan fingerprint density at radius 3 is 2.66 bits per heavy atom. The van der Waals surface area contributed by atoms with Gasteiger partial charge in [0.1, 0.15) is 11.7 Å². The lowest BCUT2D eigenvalue weighted by molar-refractivity contribution is -0.0659. The SMILES string of the molecule is CC1(C)Oc2ncc(-c3nc(-c4ccc(Br)cc4)no3)cc2C(NC(=O)O)C1O. The van der Waals surface area contributed by atoms with Gasteiger partial charge in [-0.3, -0.25) is 0 Å². The van der Waals surface area contributed by atoms with Crippen LogP contribution in [0.5, 0.6) is 5.88 Å². The van der Waals surface area contributed by atoms with Crippen molar-refractivity contribution < 1.29 is 24.3 Å². The van der Waals surface area contributed by atoms with E-state index >= 15 is 0 Å². The summed E-state index contributed by atoms with van der Waals surface area (Å²) < 4.78 is 12.0. The van der Waals surface area contributed by atoms with Gasteiger partial charge in [-0.05, 0) is 44.2 Å². The van der Waals surface area contributed by atoms with E-state index in [9.17, 15) is 15.0 Å². The summed E-state index contributed by atoms with van der Waals surface area (Å²) in [5, 5.41) is 26.1. The molecule has 0 spiro atoms. The number of amides is 1. The van der Waals surface area contributed by atoms with Gasteiger partial charge < -0.3 is 24.8 Å². The molecule has 1 aromatic carbocycles. The first-order chi connectivity index (χ1) is 13.7. The van der Waals surface area contributed by atoms with Crippen molar-refractivity contribution in [2.24, 2.45) is 0 Å².